The summed E-state index contributed by atoms with van der Waals surface area (Å²) in [4.78, 5) is 0. The average molecular weight is 277 g/mol. The first-order valence-electron chi connectivity index (χ1n) is 7.33. The van der Waals surface area contributed by atoms with Crippen molar-refractivity contribution in [2.24, 2.45) is 5.41 Å². The van der Waals surface area contributed by atoms with E-state index in [1.54, 1.807) is 0 Å². The molecule has 0 radical (unpaired) electrons. The van der Waals surface area contributed by atoms with E-state index in [0.29, 0.717) is 12.6 Å². The van der Waals surface area contributed by atoms with Gasteiger partial charge in [0.15, 0.2) is 0 Å². The Morgan fingerprint density at radius 3 is 2.84 bits per heavy atom. The molecule has 2 aliphatic rings. The Bertz CT molecular complexity index is 429. The van der Waals surface area contributed by atoms with Crippen LogP contribution in [0.3, 0.4) is 0 Å². The van der Waals surface area contributed by atoms with Gasteiger partial charge in [0.05, 0.1) is 0 Å². The van der Waals surface area contributed by atoms with E-state index in [9.17, 15) is 5.11 Å². The maximum Gasteiger partial charge on any atom is 0.0499 e. The number of benzene rings is 1. The first-order valence-corrected chi connectivity index (χ1v) is 8.48. The SMILES string of the molecule is OCC1(CNC2CSCc3ccccc32)CCCC1. The summed E-state index contributed by atoms with van der Waals surface area (Å²) in [5, 5.41) is 13.4. The minimum Gasteiger partial charge on any atom is -0.396 e. The number of aliphatic hydroxyl groups excluding tert-OH is 1. The zero-order valence-electron chi connectivity index (χ0n) is 11.4. The maximum absolute atomic E-state index is 9.70. The van der Waals surface area contributed by atoms with Gasteiger partial charge in [0.1, 0.15) is 0 Å². The van der Waals surface area contributed by atoms with Crippen molar-refractivity contribution in [1.29, 1.82) is 0 Å². The average Bonchev–Trinajstić information content (AvgIpc) is 2.94. The van der Waals surface area contributed by atoms with Crippen LogP contribution in [0.15, 0.2) is 24.3 Å². The monoisotopic (exact) mass is 277 g/mol. The lowest BCUT2D eigenvalue weighted by atomic mass is 9.86. The Labute approximate surface area is 120 Å². The molecule has 104 valence electrons. The zero-order valence-corrected chi connectivity index (χ0v) is 12.2. The molecule has 2 N–H and O–H groups in total. The Kier molecular flexibility index (Phi) is 4.15. The van der Waals surface area contributed by atoms with Crippen molar-refractivity contribution < 1.29 is 5.11 Å². The fourth-order valence-corrected chi connectivity index (χ4v) is 4.54. The molecule has 1 atom stereocenters. The molecule has 1 aromatic rings. The lowest BCUT2D eigenvalue weighted by molar-refractivity contribution is 0.125. The smallest absolute Gasteiger partial charge is 0.0499 e. The predicted molar refractivity (Wildman–Crippen MR) is 81.3 cm³/mol. The van der Waals surface area contributed by atoms with Crippen molar-refractivity contribution in [1.82, 2.24) is 5.32 Å². The van der Waals surface area contributed by atoms with Crippen LogP contribution in [0, 0.1) is 5.41 Å². The summed E-state index contributed by atoms with van der Waals surface area (Å²) < 4.78 is 0. The van der Waals surface area contributed by atoms with E-state index >= 15 is 0 Å². The van der Waals surface area contributed by atoms with E-state index in [1.807, 2.05) is 11.8 Å². The second-order valence-corrected chi connectivity index (χ2v) is 7.04. The molecule has 1 aliphatic carbocycles. The number of nitrogens with one attached hydrogen (secondary N) is 1. The van der Waals surface area contributed by atoms with Gasteiger partial charge in [-0.1, -0.05) is 37.1 Å². The zero-order chi connectivity index (χ0) is 13.1. The third-order valence-electron chi connectivity index (χ3n) is 4.70. The Morgan fingerprint density at radius 1 is 1.26 bits per heavy atom. The van der Waals surface area contributed by atoms with Crippen molar-refractivity contribution in [3.05, 3.63) is 35.4 Å². The highest BCUT2D eigenvalue weighted by atomic mass is 32.2. The lowest BCUT2D eigenvalue weighted by Gasteiger charge is -2.32. The van der Waals surface area contributed by atoms with Gasteiger partial charge in [0.25, 0.3) is 0 Å². The van der Waals surface area contributed by atoms with Crippen LogP contribution < -0.4 is 5.32 Å². The van der Waals surface area contributed by atoms with Crippen molar-refractivity contribution in [3.8, 4) is 0 Å². The van der Waals surface area contributed by atoms with Crippen molar-refractivity contribution in [2.75, 3.05) is 18.9 Å². The molecule has 1 aliphatic heterocycles. The van der Waals surface area contributed by atoms with Crippen LogP contribution in [-0.4, -0.2) is 24.0 Å². The standard InChI is InChI=1S/C16H23NOS/c18-12-16(7-3-4-8-16)11-17-15-10-19-9-13-5-1-2-6-14(13)15/h1-2,5-6,15,17-18H,3-4,7-12H2. The Morgan fingerprint density at radius 2 is 2.05 bits per heavy atom. The van der Waals surface area contributed by atoms with Crippen molar-refractivity contribution >= 4 is 11.8 Å². The first kappa shape index (κ1) is 13.5. The Hall–Kier alpha value is -0.510. The number of thioether (sulfide) groups is 1. The maximum atomic E-state index is 9.70. The molecule has 1 fully saturated rings. The molecule has 19 heavy (non-hydrogen) atoms. The number of fused-ring (bicyclic) bond motifs is 1. The van der Waals surface area contributed by atoms with E-state index in [2.05, 4.69) is 29.6 Å². The molecule has 0 amide bonds. The molecule has 0 spiro atoms. The van der Waals surface area contributed by atoms with Gasteiger partial charge in [-0.05, 0) is 24.0 Å². The van der Waals surface area contributed by atoms with Gasteiger partial charge in [-0.25, -0.2) is 0 Å². The van der Waals surface area contributed by atoms with E-state index in [1.165, 1.54) is 36.8 Å². The van der Waals surface area contributed by atoms with Crippen molar-refractivity contribution in [2.45, 2.75) is 37.5 Å². The summed E-state index contributed by atoms with van der Waals surface area (Å²) in [6, 6.07) is 9.23. The minimum atomic E-state index is 0.150. The summed E-state index contributed by atoms with van der Waals surface area (Å²) in [5.41, 5.74) is 3.09. The quantitative estimate of drug-likeness (QED) is 0.887. The van der Waals surface area contributed by atoms with E-state index in [4.69, 9.17) is 0 Å². The van der Waals surface area contributed by atoms with Gasteiger partial charge >= 0.3 is 0 Å². The largest absolute Gasteiger partial charge is 0.396 e. The second kappa shape index (κ2) is 5.86. The summed E-state index contributed by atoms with van der Waals surface area (Å²) in [7, 11) is 0. The van der Waals surface area contributed by atoms with Gasteiger partial charge in [-0.3, -0.25) is 0 Å². The van der Waals surface area contributed by atoms with Crippen LogP contribution in [0.2, 0.25) is 0 Å². The highest BCUT2D eigenvalue weighted by Gasteiger charge is 2.34. The summed E-state index contributed by atoms with van der Waals surface area (Å²) >= 11 is 2.01. The topological polar surface area (TPSA) is 32.3 Å². The highest BCUT2D eigenvalue weighted by molar-refractivity contribution is 7.98. The third-order valence-corrected chi connectivity index (χ3v) is 5.78. The normalized spacial score (nSPS) is 25.2. The van der Waals surface area contributed by atoms with Crippen LogP contribution in [-0.2, 0) is 5.75 Å². The molecular formula is C16H23NOS. The van der Waals surface area contributed by atoms with Crippen LogP contribution in [0.4, 0.5) is 0 Å². The number of aliphatic hydroxyl groups is 1. The molecule has 0 aromatic heterocycles. The van der Waals surface area contributed by atoms with Crippen LogP contribution in [0.1, 0.15) is 42.9 Å². The third kappa shape index (κ3) is 2.83. The fraction of sp³-hybridized carbons (Fsp3) is 0.625. The van der Waals surface area contributed by atoms with Gasteiger partial charge in [-0.15, -0.1) is 0 Å². The first-order chi connectivity index (χ1) is 9.33. The molecule has 3 heteroatoms. The van der Waals surface area contributed by atoms with E-state index in [0.717, 1.165) is 18.1 Å². The van der Waals surface area contributed by atoms with E-state index in [-0.39, 0.29) is 5.41 Å². The minimum absolute atomic E-state index is 0.150. The van der Waals surface area contributed by atoms with Crippen molar-refractivity contribution in [3.63, 3.8) is 0 Å². The van der Waals surface area contributed by atoms with Gasteiger partial charge in [0, 0.05) is 36.1 Å². The number of hydrogen-bond donors (Lipinski definition) is 2. The van der Waals surface area contributed by atoms with Crippen LogP contribution >= 0.6 is 11.8 Å². The number of rotatable bonds is 4. The van der Waals surface area contributed by atoms with E-state index < -0.39 is 0 Å². The highest BCUT2D eigenvalue weighted by Crippen LogP contribution is 2.38. The number of hydrogen-bond acceptors (Lipinski definition) is 3. The molecule has 1 heterocycles. The molecule has 1 unspecified atom stereocenters. The predicted octanol–water partition coefficient (Wildman–Crippen LogP) is 3.12. The summed E-state index contributed by atoms with van der Waals surface area (Å²) in [6.07, 6.45) is 4.91. The molecule has 0 saturated heterocycles. The van der Waals surface area contributed by atoms with Crippen LogP contribution in [0.5, 0.6) is 0 Å². The van der Waals surface area contributed by atoms with Gasteiger partial charge in [0.2, 0.25) is 0 Å². The van der Waals surface area contributed by atoms with Crippen LogP contribution in [0.25, 0.3) is 0 Å². The molecule has 0 bridgehead atoms. The molecule has 1 aromatic carbocycles. The second-order valence-electron chi connectivity index (χ2n) is 6.01. The molecular weight excluding hydrogens is 254 g/mol. The Balaban J connectivity index is 1.68. The van der Waals surface area contributed by atoms with Gasteiger partial charge < -0.3 is 10.4 Å². The molecule has 1 saturated carbocycles. The summed E-state index contributed by atoms with van der Waals surface area (Å²) in [5.74, 6) is 2.29. The molecule has 2 nitrogen and oxygen atoms in total. The summed E-state index contributed by atoms with van der Waals surface area (Å²) in [6.45, 7) is 1.30. The fourth-order valence-electron chi connectivity index (χ4n) is 3.41. The molecule has 3 rings (SSSR count). The van der Waals surface area contributed by atoms with Gasteiger partial charge in [-0.2, -0.15) is 11.8 Å². The lowest BCUT2D eigenvalue weighted by Crippen LogP contribution is -2.38.